The summed E-state index contributed by atoms with van der Waals surface area (Å²) in [5.74, 6) is 1.01. The van der Waals surface area contributed by atoms with Gasteiger partial charge in [0.05, 0.1) is 7.11 Å². The summed E-state index contributed by atoms with van der Waals surface area (Å²) in [6, 6.07) is 8.26. The van der Waals surface area contributed by atoms with Crippen LogP contribution in [0, 0.1) is 0 Å². The van der Waals surface area contributed by atoms with Crippen molar-refractivity contribution in [1.82, 2.24) is 0 Å². The second-order valence-electron chi connectivity index (χ2n) is 4.32. The predicted molar refractivity (Wildman–Crippen MR) is 74.6 cm³/mol. The van der Waals surface area contributed by atoms with Crippen molar-refractivity contribution in [3.05, 3.63) is 42.0 Å². The first-order valence-corrected chi connectivity index (χ1v) is 6.65. The fourth-order valence-corrected chi connectivity index (χ4v) is 1.90. The molecule has 1 aromatic rings. The molecule has 1 rings (SSSR count). The van der Waals surface area contributed by atoms with Crippen molar-refractivity contribution in [1.29, 1.82) is 0 Å². The van der Waals surface area contributed by atoms with Gasteiger partial charge in [0, 0.05) is 0 Å². The lowest BCUT2D eigenvalue weighted by Gasteiger charge is -2.06. The number of hydrogen-bond donors (Lipinski definition) is 0. The van der Waals surface area contributed by atoms with E-state index < -0.39 is 0 Å². The number of aryl methyl sites for hydroxylation is 1. The monoisotopic (exact) mass is 232 g/mol. The van der Waals surface area contributed by atoms with Gasteiger partial charge in [0.2, 0.25) is 0 Å². The van der Waals surface area contributed by atoms with Gasteiger partial charge in [0.15, 0.2) is 0 Å². The Kier molecular flexibility index (Phi) is 7.20. The minimum Gasteiger partial charge on any atom is -0.496 e. The Bertz CT molecular complexity index is 328. The van der Waals surface area contributed by atoms with Crippen molar-refractivity contribution in [3.8, 4) is 5.75 Å². The van der Waals surface area contributed by atoms with Crippen molar-refractivity contribution in [2.45, 2.75) is 45.4 Å². The van der Waals surface area contributed by atoms with Crippen molar-refractivity contribution in [2.75, 3.05) is 7.11 Å². The van der Waals surface area contributed by atoms with Crippen LogP contribution < -0.4 is 4.74 Å². The molecule has 0 N–H and O–H groups in total. The molecule has 17 heavy (non-hydrogen) atoms. The number of allylic oxidation sites excluding steroid dienone is 2. The first-order valence-electron chi connectivity index (χ1n) is 6.65. The van der Waals surface area contributed by atoms with Crippen molar-refractivity contribution in [3.63, 3.8) is 0 Å². The molecule has 0 bridgehead atoms. The van der Waals surface area contributed by atoms with Gasteiger partial charge in [-0.15, -0.1) is 0 Å². The summed E-state index contributed by atoms with van der Waals surface area (Å²) in [6.45, 7) is 2.24. The summed E-state index contributed by atoms with van der Waals surface area (Å²) in [6.07, 6.45) is 12.0. The fourth-order valence-electron chi connectivity index (χ4n) is 1.90. The number of benzene rings is 1. The van der Waals surface area contributed by atoms with E-state index in [4.69, 9.17) is 4.74 Å². The van der Waals surface area contributed by atoms with Crippen LogP contribution in [0.5, 0.6) is 5.75 Å². The molecule has 0 heterocycles. The van der Waals surface area contributed by atoms with Crippen LogP contribution in [0.2, 0.25) is 0 Å². The fraction of sp³-hybridized carbons (Fsp3) is 0.500. The highest BCUT2D eigenvalue weighted by atomic mass is 16.5. The maximum absolute atomic E-state index is 5.33. The third-order valence-electron chi connectivity index (χ3n) is 2.91. The average molecular weight is 232 g/mol. The number of ether oxygens (including phenoxy) is 1. The molecule has 0 aliphatic heterocycles. The number of hydrogen-bond acceptors (Lipinski definition) is 1. The Morgan fingerprint density at radius 2 is 1.82 bits per heavy atom. The van der Waals surface area contributed by atoms with E-state index in [-0.39, 0.29) is 0 Å². The lowest BCUT2D eigenvalue weighted by Crippen LogP contribution is -1.90. The molecule has 0 saturated heterocycles. The maximum Gasteiger partial charge on any atom is 0.122 e. The standard InChI is InChI=1S/C16H24O/c1-3-4-5-6-7-8-9-12-15-13-10-11-14-16(15)17-2/h7-8,10-11,13-14H,3-6,9,12H2,1-2H3. The van der Waals surface area contributed by atoms with Crippen LogP contribution >= 0.6 is 0 Å². The van der Waals surface area contributed by atoms with E-state index in [1.54, 1.807) is 7.11 Å². The molecule has 0 spiro atoms. The highest BCUT2D eigenvalue weighted by Crippen LogP contribution is 2.18. The van der Waals surface area contributed by atoms with Crippen LogP contribution in [0.3, 0.4) is 0 Å². The van der Waals surface area contributed by atoms with Gasteiger partial charge in [-0.05, 0) is 37.3 Å². The first-order chi connectivity index (χ1) is 8.38. The average Bonchev–Trinajstić information content (AvgIpc) is 2.38. The Morgan fingerprint density at radius 3 is 2.59 bits per heavy atom. The molecule has 0 unspecified atom stereocenters. The minimum absolute atomic E-state index is 1.01. The zero-order chi connectivity index (χ0) is 12.3. The largest absolute Gasteiger partial charge is 0.496 e. The van der Waals surface area contributed by atoms with Crippen molar-refractivity contribution in [2.24, 2.45) is 0 Å². The van der Waals surface area contributed by atoms with Gasteiger partial charge in [-0.1, -0.05) is 50.1 Å². The van der Waals surface area contributed by atoms with Crippen LogP contribution in [0.15, 0.2) is 36.4 Å². The molecule has 0 aliphatic rings. The molecule has 0 fully saturated rings. The topological polar surface area (TPSA) is 9.23 Å². The van der Waals surface area contributed by atoms with E-state index in [0.29, 0.717) is 0 Å². The smallest absolute Gasteiger partial charge is 0.122 e. The third kappa shape index (κ3) is 5.58. The number of para-hydroxylation sites is 1. The summed E-state index contributed by atoms with van der Waals surface area (Å²) in [4.78, 5) is 0. The van der Waals surface area contributed by atoms with Gasteiger partial charge < -0.3 is 4.74 Å². The summed E-state index contributed by atoms with van der Waals surface area (Å²) >= 11 is 0. The Balaban J connectivity index is 2.25. The molecule has 1 heteroatoms. The minimum atomic E-state index is 1.01. The van der Waals surface area contributed by atoms with E-state index in [0.717, 1.165) is 18.6 Å². The Hall–Kier alpha value is -1.24. The molecule has 94 valence electrons. The lowest BCUT2D eigenvalue weighted by atomic mass is 10.1. The Morgan fingerprint density at radius 1 is 1.06 bits per heavy atom. The number of methoxy groups -OCH3 is 1. The van der Waals surface area contributed by atoms with Gasteiger partial charge in [-0.2, -0.15) is 0 Å². The molecule has 1 nitrogen and oxygen atoms in total. The Labute approximate surface area is 106 Å². The van der Waals surface area contributed by atoms with Crippen molar-refractivity contribution < 1.29 is 4.74 Å². The quantitative estimate of drug-likeness (QED) is 0.463. The van der Waals surface area contributed by atoms with Crippen molar-refractivity contribution >= 4 is 0 Å². The van der Waals surface area contributed by atoms with E-state index >= 15 is 0 Å². The number of rotatable bonds is 8. The van der Waals surface area contributed by atoms with Crippen LogP contribution in [0.25, 0.3) is 0 Å². The zero-order valence-corrected chi connectivity index (χ0v) is 11.1. The summed E-state index contributed by atoms with van der Waals surface area (Å²) in [7, 11) is 1.74. The molecule has 0 aromatic heterocycles. The summed E-state index contributed by atoms with van der Waals surface area (Å²) < 4.78 is 5.33. The van der Waals surface area contributed by atoms with Gasteiger partial charge in [-0.25, -0.2) is 0 Å². The normalized spacial score (nSPS) is 10.9. The van der Waals surface area contributed by atoms with E-state index in [9.17, 15) is 0 Å². The van der Waals surface area contributed by atoms with E-state index in [1.165, 1.54) is 31.2 Å². The van der Waals surface area contributed by atoms with E-state index in [2.05, 4.69) is 31.2 Å². The molecule has 1 aromatic carbocycles. The lowest BCUT2D eigenvalue weighted by molar-refractivity contribution is 0.409. The van der Waals surface area contributed by atoms with Gasteiger partial charge >= 0.3 is 0 Å². The zero-order valence-electron chi connectivity index (χ0n) is 11.1. The van der Waals surface area contributed by atoms with Crippen LogP contribution in [0.4, 0.5) is 0 Å². The highest BCUT2D eigenvalue weighted by Gasteiger charge is 1.98. The maximum atomic E-state index is 5.33. The van der Waals surface area contributed by atoms with Gasteiger partial charge in [-0.3, -0.25) is 0 Å². The predicted octanol–water partition coefficient (Wildman–Crippen LogP) is 4.76. The SMILES string of the molecule is CCCCCC=CCCc1ccccc1OC. The third-order valence-corrected chi connectivity index (χ3v) is 2.91. The van der Waals surface area contributed by atoms with Gasteiger partial charge in [0.25, 0.3) is 0 Å². The molecule has 0 saturated carbocycles. The highest BCUT2D eigenvalue weighted by molar-refractivity contribution is 5.33. The second kappa shape index (κ2) is 8.86. The summed E-state index contributed by atoms with van der Waals surface area (Å²) in [5, 5.41) is 0. The molecular formula is C16H24O. The van der Waals surface area contributed by atoms with E-state index in [1.807, 2.05) is 12.1 Å². The van der Waals surface area contributed by atoms with Crippen LogP contribution in [0.1, 0.15) is 44.6 Å². The van der Waals surface area contributed by atoms with Crippen LogP contribution in [-0.2, 0) is 6.42 Å². The first kappa shape index (κ1) is 13.8. The summed E-state index contributed by atoms with van der Waals surface area (Å²) in [5.41, 5.74) is 1.30. The molecule has 0 atom stereocenters. The van der Waals surface area contributed by atoms with Crippen LogP contribution in [-0.4, -0.2) is 7.11 Å². The molecule has 0 aliphatic carbocycles. The number of unbranched alkanes of at least 4 members (excludes halogenated alkanes) is 3. The molecular weight excluding hydrogens is 208 g/mol. The van der Waals surface area contributed by atoms with Gasteiger partial charge in [0.1, 0.15) is 5.75 Å². The molecule has 0 amide bonds. The second-order valence-corrected chi connectivity index (χ2v) is 4.32. The molecule has 0 radical (unpaired) electrons.